The number of rotatable bonds is 4. The second kappa shape index (κ2) is 11.3. The molecule has 0 saturated carbocycles. The molecule has 1 aromatic carbocycles. The second-order valence-electron chi connectivity index (χ2n) is 8.56. The van der Waals surface area contributed by atoms with E-state index in [1.165, 1.54) is 5.56 Å². The van der Waals surface area contributed by atoms with E-state index < -0.39 is 0 Å². The van der Waals surface area contributed by atoms with Crippen LogP contribution in [0.5, 0.6) is 0 Å². The van der Waals surface area contributed by atoms with Gasteiger partial charge in [-0.15, -0.1) is 24.0 Å². The van der Waals surface area contributed by atoms with E-state index in [1.807, 2.05) is 34.9 Å². The third-order valence-corrected chi connectivity index (χ3v) is 6.73. The molecule has 0 bridgehead atoms. The summed E-state index contributed by atoms with van der Waals surface area (Å²) in [6.07, 6.45) is 3.15. The largest absolute Gasteiger partial charge is 0.347 e. The van der Waals surface area contributed by atoms with Crippen molar-refractivity contribution in [3.8, 4) is 0 Å². The number of piperazine rings is 1. The van der Waals surface area contributed by atoms with Crippen LogP contribution < -0.4 is 10.2 Å². The minimum absolute atomic E-state index is 0. The predicted molar refractivity (Wildman–Crippen MR) is 138 cm³/mol. The molecule has 3 aliphatic heterocycles. The molecule has 0 radical (unpaired) electrons. The molecule has 9 heteroatoms. The summed E-state index contributed by atoms with van der Waals surface area (Å²) >= 11 is 0. The van der Waals surface area contributed by atoms with Gasteiger partial charge in [-0.3, -0.25) is 19.5 Å². The average Bonchev–Trinajstić information content (AvgIpc) is 3.49. The number of guanidine groups is 1. The van der Waals surface area contributed by atoms with Crippen molar-refractivity contribution in [2.24, 2.45) is 4.99 Å². The Morgan fingerprint density at radius 3 is 2.38 bits per heavy atom. The molecule has 2 amide bonds. The molecule has 1 unspecified atom stereocenters. The van der Waals surface area contributed by atoms with Crippen molar-refractivity contribution in [2.75, 3.05) is 64.3 Å². The van der Waals surface area contributed by atoms with E-state index in [9.17, 15) is 9.59 Å². The van der Waals surface area contributed by atoms with E-state index in [4.69, 9.17) is 0 Å². The molecule has 32 heavy (non-hydrogen) atoms. The van der Waals surface area contributed by atoms with Crippen LogP contribution in [0.4, 0.5) is 5.69 Å². The summed E-state index contributed by atoms with van der Waals surface area (Å²) in [6.45, 7) is 7.99. The highest BCUT2D eigenvalue weighted by atomic mass is 127. The maximum atomic E-state index is 12.8. The van der Waals surface area contributed by atoms with E-state index in [2.05, 4.69) is 26.2 Å². The summed E-state index contributed by atoms with van der Waals surface area (Å²) in [5.41, 5.74) is 2.25. The van der Waals surface area contributed by atoms with Crippen molar-refractivity contribution in [2.45, 2.75) is 32.2 Å². The Labute approximate surface area is 208 Å². The molecule has 176 valence electrons. The van der Waals surface area contributed by atoms with E-state index >= 15 is 0 Å². The minimum Gasteiger partial charge on any atom is -0.347 e. The smallest absolute Gasteiger partial charge is 0.246 e. The number of carbonyl (C=O) groups excluding carboxylic acids is 2. The lowest BCUT2D eigenvalue weighted by Crippen LogP contribution is -2.57. The Bertz CT molecular complexity index is 834. The number of anilines is 1. The lowest BCUT2D eigenvalue weighted by molar-refractivity contribution is -0.135. The summed E-state index contributed by atoms with van der Waals surface area (Å²) < 4.78 is 0. The predicted octanol–water partition coefficient (Wildman–Crippen LogP) is 1.40. The van der Waals surface area contributed by atoms with Gasteiger partial charge in [0, 0.05) is 58.5 Å². The summed E-state index contributed by atoms with van der Waals surface area (Å²) in [6, 6.07) is 8.02. The van der Waals surface area contributed by atoms with E-state index in [-0.39, 0.29) is 48.4 Å². The summed E-state index contributed by atoms with van der Waals surface area (Å²) in [5, 5.41) is 3.25. The number of nitrogens with one attached hydrogen (secondary N) is 1. The van der Waals surface area contributed by atoms with Gasteiger partial charge in [-0.25, -0.2) is 0 Å². The lowest BCUT2D eigenvalue weighted by Gasteiger charge is -2.39. The number of hydrogen-bond acceptors (Lipinski definition) is 4. The van der Waals surface area contributed by atoms with Crippen LogP contribution in [0.15, 0.2) is 29.3 Å². The van der Waals surface area contributed by atoms with Crippen molar-refractivity contribution in [1.82, 2.24) is 20.0 Å². The maximum absolute atomic E-state index is 12.8. The number of halogens is 1. The molecule has 2 saturated heterocycles. The molecule has 0 spiro atoms. The molecular weight excluding hydrogens is 519 g/mol. The van der Waals surface area contributed by atoms with Crippen LogP contribution in [0.1, 0.15) is 25.3 Å². The molecule has 3 heterocycles. The van der Waals surface area contributed by atoms with Crippen molar-refractivity contribution in [1.29, 1.82) is 0 Å². The van der Waals surface area contributed by atoms with Gasteiger partial charge in [0.15, 0.2) is 5.96 Å². The number of hydrogen-bond donors (Lipinski definition) is 1. The lowest BCUT2D eigenvalue weighted by atomic mass is 10.2. The summed E-state index contributed by atoms with van der Waals surface area (Å²) in [5.74, 6) is 1.07. The van der Waals surface area contributed by atoms with Crippen LogP contribution >= 0.6 is 24.0 Å². The topological polar surface area (TPSA) is 71.5 Å². The SMILES string of the molecule is CN=C(NCC(=O)N1CCc2ccccc21)N1CCN(C(C)C(=O)N2CCCC2)CC1.I. The highest BCUT2D eigenvalue weighted by Crippen LogP contribution is 2.27. The minimum atomic E-state index is -0.0768. The van der Waals surface area contributed by atoms with Gasteiger partial charge < -0.3 is 20.0 Å². The molecule has 0 aromatic heterocycles. The standard InChI is InChI=1S/C23H34N6O2.HI/c1-18(22(31)27-10-5-6-11-27)26-13-15-28(16-14-26)23(24-2)25-17-21(30)29-12-9-19-7-3-4-8-20(19)29;/h3-4,7-8,18H,5-6,9-17H2,1-2H3,(H,24,25);1H. The van der Waals surface area contributed by atoms with Gasteiger partial charge in [-0.05, 0) is 37.8 Å². The van der Waals surface area contributed by atoms with Crippen molar-refractivity contribution >= 4 is 47.4 Å². The number of likely N-dealkylation sites (tertiary alicyclic amines) is 1. The molecular formula is C23H35IN6O2. The number of fused-ring (bicyclic) bond motifs is 1. The number of para-hydroxylation sites is 1. The molecule has 1 atom stereocenters. The van der Waals surface area contributed by atoms with Gasteiger partial charge >= 0.3 is 0 Å². The first-order valence-electron chi connectivity index (χ1n) is 11.4. The van der Waals surface area contributed by atoms with Gasteiger partial charge in [0.05, 0.1) is 12.6 Å². The van der Waals surface area contributed by atoms with Crippen molar-refractivity contribution in [3.05, 3.63) is 29.8 Å². The zero-order valence-electron chi connectivity index (χ0n) is 19.1. The third-order valence-electron chi connectivity index (χ3n) is 6.73. The molecule has 0 aliphatic carbocycles. The maximum Gasteiger partial charge on any atom is 0.246 e. The molecule has 1 N–H and O–H groups in total. The Morgan fingerprint density at radius 1 is 1.00 bits per heavy atom. The molecule has 1 aromatic rings. The third kappa shape index (κ3) is 5.36. The Morgan fingerprint density at radius 2 is 1.69 bits per heavy atom. The fraction of sp³-hybridized carbons (Fsp3) is 0.609. The van der Waals surface area contributed by atoms with Crippen molar-refractivity contribution < 1.29 is 9.59 Å². The summed E-state index contributed by atoms with van der Waals surface area (Å²) in [4.78, 5) is 38.2. The zero-order chi connectivity index (χ0) is 21.8. The van der Waals surface area contributed by atoms with E-state index in [0.29, 0.717) is 0 Å². The summed E-state index contributed by atoms with van der Waals surface area (Å²) in [7, 11) is 1.75. The highest BCUT2D eigenvalue weighted by Gasteiger charge is 2.31. The van der Waals surface area contributed by atoms with Crippen LogP contribution in [0, 0.1) is 0 Å². The van der Waals surface area contributed by atoms with Crippen LogP contribution in [-0.4, -0.2) is 97.9 Å². The number of carbonyl (C=O) groups is 2. The Kier molecular flexibility index (Phi) is 8.75. The number of aliphatic imine (C=N–C) groups is 1. The Balaban J connectivity index is 0.00000289. The van der Waals surface area contributed by atoms with Crippen LogP contribution in [0.3, 0.4) is 0 Å². The van der Waals surface area contributed by atoms with Gasteiger partial charge in [0.1, 0.15) is 0 Å². The fourth-order valence-electron chi connectivity index (χ4n) is 4.86. The average molecular weight is 554 g/mol. The first kappa shape index (κ1) is 24.8. The number of amides is 2. The van der Waals surface area contributed by atoms with Gasteiger partial charge in [0.2, 0.25) is 11.8 Å². The first-order chi connectivity index (χ1) is 15.1. The van der Waals surface area contributed by atoms with E-state index in [1.54, 1.807) is 7.05 Å². The van der Waals surface area contributed by atoms with Gasteiger partial charge in [-0.1, -0.05) is 18.2 Å². The van der Waals surface area contributed by atoms with Crippen LogP contribution in [0.2, 0.25) is 0 Å². The van der Waals surface area contributed by atoms with E-state index in [0.717, 1.165) is 76.7 Å². The van der Waals surface area contributed by atoms with Crippen LogP contribution in [0.25, 0.3) is 0 Å². The molecule has 4 rings (SSSR count). The van der Waals surface area contributed by atoms with Gasteiger partial charge in [0.25, 0.3) is 0 Å². The van der Waals surface area contributed by atoms with Crippen molar-refractivity contribution in [3.63, 3.8) is 0 Å². The zero-order valence-corrected chi connectivity index (χ0v) is 21.5. The van der Waals surface area contributed by atoms with Gasteiger partial charge in [-0.2, -0.15) is 0 Å². The normalized spacial score (nSPS) is 20.1. The first-order valence-corrected chi connectivity index (χ1v) is 11.4. The van der Waals surface area contributed by atoms with Crippen LogP contribution in [-0.2, 0) is 16.0 Å². The number of benzene rings is 1. The fourth-order valence-corrected chi connectivity index (χ4v) is 4.86. The second-order valence-corrected chi connectivity index (χ2v) is 8.56. The molecule has 8 nitrogen and oxygen atoms in total. The molecule has 3 aliphatic rings. The Hall–Kier alpha value is -1.88. The monoisotopic (exact) mass is 554 g/mol. The molecule has 2 fully saturated rings. The quantitative estimate of drug-likeness (QED) is 0.346. The highest BCUT2D eigenvalue weighted by molar-refractivity contribution is 14.0. The number of nitrogens with zero attached hydrogens (tertiary/aromatic N) is 5.